The van der Waals surface area contributed by atoms with E-state index >= 15 is 0 Å². The van der Waals surface area contributed by atoms with Gasteiger partial charge in [-0.15, -0.1) is 11.3 Å². The molecule has 0 bridgehead atoms. The first-order valence-electron chi connectivity index (χ1n) is 8.12. The second-order valence-corrected chi connectivity index (χ2v) is 7.26. The van der Waals surface area contributed by atoms with Crippen LogP contribution in [0.3, 0.4) is 0 Å². The van der Waals surface area contributed by atoms with E-state index in [0.29, 0.717) is 5.92 Å². The van der Waals surface area contributed by atoms with Gasteiger partial charge >= 0.3 is 0 Å². The zero-order chi connectivity index (χ0) is 15.6. The Labute approximate surface area is 136 Å². The van der Waals surface area contributed by atoms with Gasteiger partial charge in [0.15, 0.2) is 0 Å². The molecule has 1 unspecified atom stereocenters. The van der Waals surface area contributed by atoms with Gasteiger partial charge in [-0.1, -0.05) is 0 Å². The van der Waals surface area contributed by atoms with Crippen molar-refractivity contribution in [2.45, 2.75) is 44.1 Å². The Morgan fingerprint density at radius 1 is 1.50 bits per heavy atom. The van der Waals surface area contributed by atoms with Crippen LogP contribution in [0.15, 0.2) is 5.38 Å². The molecule has 5 nitrogen and oxygen atoms in total. The predicted molar refractivity (Wildman–Crippen MR) is 87.2 cm³/mol. The number of ether oxygens (including phenoxy) is 1. The normalized spacial score (nSPS) is 25.2. The molecule has 2 fully saturated rings. The maximum absolute atomic E-state index is 13.0. The van der Waals surface area contributed by atoms with E-state index in [0.717, 1.165) is 57.6 Å². The third kappa shape index (κ3) is 3.05. The van der Waals surface area contributed by atoms with Crippen LogP contribution in [0, 0.1) is 6.92 Å². The van der Waals surface area contributed by atoms with Gasteiger partial charge in [0.25, 0.3) is 5.91 Å². The molecule has 2 aliphatic heterocycles. The zero-order valence-electron chi connectivity index (χ0n) is 13.4. The van der Waals surface area contributed by atoms with Gasteiger partial charge in [-0.3, -0.25) is 4.79 Å². The van der Waals surface area contributed by atoms with Gasteiger partial charge < -0.3 is 15.0 Å². The highest BCUT2D eigenvalue weighted by molar-refractivity contribution is 7.09. The molecule has 1 amide bonds. The number of nitrogens with one attached hydrogen (secondary N) is 1. The number of aryl methyl sites for hydroxylation is 1. The largest absolute Gasteiger partial charge is 0.368 e. The fraction of sp³-hybridized carbons (Fsp3) is 0.750. The molecule has 1 aromatic rings. The van der Waals surface area contributed by atoms with Crippen LogP contribution in [-0.2, 0) is 9.53 Å². The minimum atomic E-state index is -0.619. The molecule has 6 heteroatoms. The first kappa shape index (κ1) is 15.9. The maximum Gasteiger partial charge on any atom is 0.254 e. The molecule has 0 aliphatic carbocycles. The van der Waals surface area contributed by atoms with Crippen LogP contribution in [0.1, 0.15) is 42.3 Å². The fourth-order valence-electron chi connectivity index (χ4n) is 3.55. The summed E-state index contributed by atoms with van der Waals surface area (Å²) >= 11 is 1.72. The number of methoxy groups -OCH3 is 1. The van der Waals surface area contributed by atoms with Crippen molar-refractivity contribution in [3.8, 4) is 0 Å². The maximum atomic E-state index is 13.0. The number of hydrogen-bond donors (Lipinski definition) is 1. The molecule has 3 heterocycles. The lowest BCUT2D eigenvalue weighted by Crippen LogP contribution is -2.56. The minimum Gasteiger partial charge on any atom is -0.368 e. The summed E-state index contributed by atoms with van der Waals surface area (Å²) < 4.78 is 5.69. The van der Waals surface area contributed by atoms with E-state index < -0.39 is 5.60 Å². The van der Waals surface area contributed by atoms with E-state index in [-0.39, 0.29) is 5.91 Å². The summed E-state index contributed by atoms with van der Waals surface area (Å²) in [6.45, 7) is 5.36. The van der Waals surface area contributed by atoms with E-state index in [1.807, 2.05) is 11.8 Å². The van der Waals surface area contributed by atoms with Crippen LogP contribution in [0.2, 0.25) is 0 Å². The Hall–Kier alpha value is -0.980. The lowest BCUT2D eigenvalue weighted by molar-refractivity contribution is -0.159. The van der Waals surface area contributed by atoms with E-state index in [2.05, 4.69) is 15.7 Å². The third-order valence-corrected chi connectivity index (χ3v) is 6.01. The average Bonchev–Trinajstić information content (AvgIpc) is 3.01. The highest BCUT2D eigenvalue weighted by Gasteiger charge is 2.43. The summed E-state index contributed by atoms with van der Waals surface area (Å²) in [5.74, 6) is 0.557. The lowest BCUT2D eigenvalue weighted by atomic mass is 9.88. The summed E-state index contributed by atoms with van der Waals surface area (Å²) in [5, 5.41) is 6.58. The number of rotatable bonds is 3. The minimum absolute atomic E-state index is 0.175. The number of piperidine rings is 2. The first-order valence-corrected chi connectivity index (χ1v) is 9.00. The number of likely N-dealkylation sites (tertiary alicyclic amines) is 1. The molecular formula is C16H25N3O2S. The van der Waals surface area contributed by atoms with Crippen molar-refractivity contribution in [1.82, 2.24) is 15.2 Å². The zero-order valence-corrected chi connectivity index (χ0v) is 14.2. The van der Waals surface area contributed by atoms with Gasteiger partial charge in [0, 0.05) is 37.2 Å². The second-order valence-electron chi connectivity index (χ2n) is 6.37. The van der Waals surface area contributed by atoms with Gasteiger partial charge in [-0.25, -0.2) is 4.98 Å². The highest BCUT2D eigenvalue weighted by Crippen LogP contribution is 2.32. The SMILES string of the molecule is COC1(C(=O)N2CCCC(c3nc(C)cs3)C2)CCNCC1. The molecule has 1 N–H and O–H groups in total. The van der Waals surface area contributed by atoms with Crippen molar-refractivity contribution >= 4 is 17.2 Å². The van der Waals surface area contributed by atoms with Gasteiger partial charge in [-0.05, 0) is 45.7 Å². The van der Waals surface area contributed by atoms with Crippen LogP contribution in [-0.4, -0.2) is 54.7 Å². The average molecular weight is 323 g/mol. The van der Waals surface area contributed by atoms with E-state index in [9.17, 15) is 4.79 Å². The van der Waals surface area contributed by atoms with Crippen molar-refractivity contribution in [3.05, 3.63) is 16.1 Å². The van der Waals surface area contributed by atoms with Crippen LogP contribution in [0.4, 0.5) is 0 Å². The van der Waals surface area contributed by atoms with Crippen LogP contribution in [0.5, 0.6) is 0 Å². The van der Waals surface area contributed by atoms with Crippen molar-refractivity contribution in [1.29, 1.82) is 0 Å². The van der Waals surface area contributed by atoms with Gasteiger partial charge in [-0.2, -0.15) is 0 Å². The molecule has 22 heavy (non-hydrogen) atoms. The summed E-state index contributed by atoms with van der Waals surface area (Å²) in [6, 6.07) is 0. The summed E-state index contributed by atoms with van der Waals surface area (Å²) in [6.07, 6.45) is 3.70. The molecule has 1 aromatic heterocycles. The number of carbonyl (C=O) groups excluding carboxylic acids is 1. The molecular weight excluding hydrogens is 298 g/mol. The van der Waals surface area contributed by atoms with Crippen molar-refractivity contribution < 1.29 is 9.53 Å². The summed E-state index contributed by atoms with van der Waals surface area (Å²) in [5.41, 5.74) is 0.460. The number of nitrogens with zero attached hydrogens (tertiary/aromatic N) is 2. The predicted octanol–water partition coefficient (Wildman–Crippen LogP) is 1.93. The van der Waals surface area contributed by atoms with E-state index in [1.54, 1.807) is 18.4 Å². The second kappa shape index (κ2) is 6.64. The van der Waals surface area contributed by atoms with Crippen LogP contribution in [0.25, 0.3) is 0 Å². The molecule has 0 aromatic carbocycles. The molecule has 2 saturated heterocycles. The standard InChI is InChI=1S/C16H25N3O2S/c1-12-11-22-14(18-12)13-4-3-9-19(10-13)15(20)16(21-2)5-7-17-8-6-16/h11,13,17H,3-10H2,1-2H3. The summed E-state index contributed by atoms with van der Waals surface area (Å²) in [7, 11) is 1.68. The quantitative estimate of drug-likeness (QED) is 0.923. The lowest BCUT2D eigenvalue weighted by Gasteiger charge is -2.41. The van der Waals surface area contributed by atoms with Crippen molar-refractivity contribution in [2.24, 2.45) is 0 Å². The van der Waals surface area contributed by atoms with E-state index in [4.69, 9.17) is 4.74 Å². The Kier molecular flexibility index (Phi) is 4.80. The molecule has 0 saturated carbocycles. The van der Waals surface area contributed by atoms with Gasteiger partial charge in [0.1, 0.15) is 5.60 Å². The van der Waals surface area contributed by atoms with E-state index in [1.165, 1.54) is 5.01 Å². The first-order chi connectivity index (χ1) is 10.6. The highest BCUT2D eigenvalue weighted by atomic mass is 32.1. The van der Waals surface area contributed by atoms with Crippen LogP contribution < -0.4 is 5.32 Å². The Bertz CT molecular complexity index is 525. The molecule has 2 aliphatic rings. The molecule has 122 valence electrons. The molecule has 1 atom stereocenters. The Balaban J connectivity index is 1.72. The Morgan fingerprint density at radius 2 is 2.27 bits per heavy atom. The molecule has 0 spiro atoms. The number of amides is 1. The Morgan fingerprint density at radius 3 is 2.91 bits per heavy atom. The van der Waals surface area contributed by atoms with Crippen LogP contribution >= 0.6 is 11.3 Å². The molecule has 0 radical (unpaired) electrons. The fourth-order valence-corrected chi connectivity index (χ4v) is 4.47. The number of aromatic nitrogens is 1. The van der Waals surface area contributed by atoms with Gasteiger partial charge in [0.2, 0.25) is 0 Å². The third-order valence-electron chi connectivity index (χ3n) is 4.89. The van der Waals surface area contributed by atoms with Crippen molar-refractivity contribution in [2.75, 3.05) is 33.3 Å². The monoisotopic (exact) mass is 323 g/mol. The number of hydrogen-bond acceptors (Lipinski definition) is 5. The van der Waals surface area contributed by atoms with Gasteiger partial charge in [0.05, 0.1) is 5.01 Å². The van der Waals surface area contributed by atoms with Crippen molar-refractivity contribution in [3.63, 3.8) is 0 Å². The number of thiazole rings is 1. The summed E-state index contributed by atoms with van der Waals surface area (Å²) in [4.78, 5) is 19.7. The number of carbonyl (C=O) groups is 1. The topological polar surface area (TPSA) is 54.5 Å². The molecule has 3 rings (SSSR count). The smallest absolute Gasteiger partial charge is 0.254 e.